The van der Waals surface area contributed by atoms with Gasteiger partial charge in [0, 0.05) is 45.4 Å². The van der Waals surface area contributed by atoms with Crippen molar-refractivity contribution in [1.82, 2.24) is 5.32 Å². The molecule has 2 N–H and O–H groups in total. The number of nitrogens with one attached hydrogen (secondary N) is 1. The van der Waals surface area contributed by atoms with Crippen molar-refractivity contribution in [1.29, 1.82) is 0 Å². The molecule has 1 aliphatic heterocycles. The number of quaternary nitrogens is 1. The minimum atomic E-state index is -1.07. The number of hydrogen-bond acceptors (Lipinski definition) is 4. The number of carboxylic acid groups (broad SMARTS) is 1. The van der Waals surface area contributed by atoms with Crippen molar-refractivity contribution < 1.29 is 24.0 Å². The lowest BCUT2D eigenvalue weighted by atomic mass is 9.73. The molecule has 0 aliphatic carbocycles. The van der Waals surface area contributed by atoms with Gasteiger partial charge in [0.15, 0.2) is 5.54 Å². The fraction of sp³-hybridized carbons (Fsp3) is 0.281. The van der Waals surface area contributed by atoms with E-state index >= 15 is 0 Å². The van der Waals surface area contributed by atoms with Crippen molar-refractivity contribution in [3.05, 3.63) is 105 Å². The van der Waals surface area contributed by atoms with E-state index in [2.05, 4.69) is 11.4 Å². The largest absolute Gasteiger partial charge is 0.481 e. The van der Waals surface area contributed by atoms with E-state index in [9.17, 15) is 14.4 Å². The number of aliphatic carboxylic acids is 1. The highest BCUT2D eigenvalue weighted by Gasteiger charge is 2.68. The molecule has 0 bridgehead atoms. The van der Waals surface area contributed by atoms with Crippen LogP contribution in [-0.4, -0.2) is 46.0 Å². The Hall–Kier alpha value is -3.52. The average molecular weight is 576 g/mol. The summed E-state index contributed by atoms with van der Waals surface area (Å²) in [6.45, 7) is 3.06. The fourth-order valence-electron chi connectivity index (χ4n) is 5.96. The second-order valence-electron chi connectivity index (χ2n) is 10.6. The second-order valence-corrected chi connectivity index (χ2v) is 12.0. The summed E-state index contributed by atoms with van der Waals surface area (Å²) in [4.78, 5) is 40.1. The summed E-state index contributed by atoms with van der Waals surface area (Å²) in [6.07, 6.45) is 1.19. The third-order valence-electron chi connectivity index (χ3n) is 8.02. The van der Waals surface area contributed by atoms with Crippen LogP contribution in [0.4, 0.5) is 0 Å². The first-order valence-corrected chi connectivity index (χ1v) is 14.7. The molecule has 6 nitrogen and oxygen atoms in total. The standard InChI is InChI=1S/C32H31ClN2O4S/c1-22-7-4-8-23(17-22)19-32(31(39)34-15-6-13-29(36)37)14-16-35(32,20-24-9-5-10-25(33)18-24)30(38)27-21-40-28-12-3-2-11-26(27)28/h2-5,7-12,17-18,21H,6,13-16,19-20H2,1H3,(H-,34,36,37,39)/p+1. The molecule has 0 radical (unpaired) electrons. The lowest BCUT2D eigenvalue weighted by Crippen LogP contribution is -2.81. The molecular formula is C32H32ClN2O4S+. The first-order chi connectivity index (χ1) is 19.2. The Morgan fingerprint density at radius 3 is 2.52 bits per heavy atom. The normalized spacial score (nSPS) is 20.1. The van der Waals surface area contributed by atoms with Gasteiger partial charge in [-0.25, -0.2) is 9.28 Å². The number of halogens is 1. The first kappa shape index (κ1) is 28.0. The fourth-order valence-corrected chi connectivity index (χ4v) is 7.11. The number of thiophene rings is 1. The molecule has 1 aliphatic rings. The predicted molar refractivity (Wildman–Crippen MR) is 159 cm³/mol. The number of rotatable bonds is 10. The van der Waals surface area contributed by atoms with Gasteiger partial charge in [0.05, 0.1) is 18.5 Å². The molecule has 1 saturated heterocycles. The molecule has 40 heavy (non-hydrogen) atoms. The zero-order chi connectivity index (χ0) is 28.3. The van der Waals surface area contributed by atoms with Crippen molar-refractivity contribution in [2.45, 2.75) is 44.7 Å². The lowest BCUT2D eigenvalue weighted by Gasteiger charge is -2.57. The monoisotopic (exact) mass is 575 g/mol. The molecule has 8 heteroatoms. The van der Waals surface area contributed by atoms with E-state index in [-0.39, 0.29) is 29.3 Å². The number of aryl methyl sites for hydroxylation is 1. The Morgan fingerprint density at radius 2 is 1.80 bits per heavy atom. The summed E-state index contributed by atoms with van der Waals surface area (Å²) in [7, 11) is 0. The number of hydrogen-bond donors (Lipinski definition) is 2. The Labute approximate surface area is 242 Å². The van der Waals surface area contributed by atoms with Crippen LogP contribution in [-0.2, 0) is 22.6 Å². The maximum absolute atomic E-state index is 14.8. The molecule has 2 unspecified atom stereocenters. The van der Waals surface area contributed by atoms with E-state index in [1.807, 2.05) is 73.0 Å². The van der Waals surface area contributed by atoms with Crippen LogP contribution >= 0.6 is 22.9 Å². The number of nitrogens with zero attached hydrogens (tertiary/aromatic N) is 1. The van der Waals surface area contributed by atoms with Crippen LogP contribution in [0.25, 0.3) is 10.1 Å². The maximum atomic E-state index is 14.8. The van der Waals surface area contributed by atoms with Crippen LogP contribution in [0.5, 0.6) is 0 Å². The lowest BCUT2D eigenvalue weighted by molar-refractivity contribution is -0.946. The van der Waals surface area contributed by atoms with Crippen LogP contribution in [0.15, 0.2) is 78.2 Å². The topological polar surface area (TPSA) is 83.5 Å². The van der Waals surface area contributed by atoms with E-state index in [1.165, 1.54) is 11.3 Å². The maximum Gasteiger partial charge on any atom is 0.348 e. The first-order valence-electron chi connectivity index (χ1n) is 13.4. The van der Waals surface area contributed by atoms with Gasteiger partial charge in [-0.1, -0.05) is 71.8 Å². The predicted octanol–water partition coefficient (Wildman–Crippen LogP) is 6.39. The van der Waals surface area contributed by atoms with Crippen molar-refractivity contribution in [2.75, 3.05) is 13.1 Å². The molecule has 5 rings (SSSR count). The number of amides is 2. The summed E-state index contributed by atoms with van der Waals surface area (Å²) in [5.41, 5.74) is 2.50. The summed E-state index contributed by atoms with van der Waals surface area (Å²) in [5.74, 6) is -1.21. The molecule has 2 amide bonds. The van der Waals surface area contributed by atoms with E-state index in [0.29, 0.717) is 42.9 Å². The van der Waals surface area contributed by atoms with Gasteiger partial charge in [0.1, 0.15) is 6.54 Å². The zero-order valence-corrected chi connectivity index (χ0v) is 23.9. The quantitative estimate of drug-likeness (QED) is 0.170. The third kappa shape index (κ3) is 5.29. The molecule has 2 atom stereocenters. The highest BCUT2D eigenvalue weighted by molar-refractivity contribution is 7.17. The van der Waals surface area contributed by atoms with E-state index in [0.717, 1.165) is 26.8 Å². The number of fused-ring (bicyclic) bond motifs is 1. The number of carbonyl (C=O) groups excluding carboxylic acids is 2. The Balaban J connectivity index is 1.62. The van der Waals surface area contributed by atoms with Crippen molar-refractivity contribution >= 4 is 50.8 Å². The van der Waals surface area contributed by atoms with Gasteiger partial charge in [0.25, 0.3) is 5.91 Å². The highest BCUT2D eigenvalue weighted by Crippen LogP contribution is 2.47. The van der Waals surface area contributed by atoms with Crippen molar-refractivity contribution in [3.63, 3.8) is 0 Å². The minimum Gasteiger partial charge on any atom is -0.481 e. The zero-order valence-electron chi connectivity index (χ0n) is 22.4. The number of benzene rings is 3. The van der Waals surface area contributed by atoms with Crippen LogP contribution in [0.3, 0.4) is 0 Å². The van der Waals surface area contributed by atoms with Gasteiger partial charge in [-0.15, -0.1) is 11.3 Å². The van der Waals surface area contributed by atoms with Crippen LogP contribution in [0.2, 0.25) is 5.02 Å². The van der Waals surface area contributed by atoms with Gasteiger partial charge >= 0.3 is 11.9 Å². The molecular weight excluding hydrogens is 544 g/mol. The summed E-state index contributed by atoms with van der Waals surface area (Å²) in [5, 5.41) is 15.5. The van der Waals surface area contributed by atoms with E-state index < -0.39 is 11.5 Å². The third-order valence-corrected chi connectivity index (χ3v) is 9.22. The Kier molecular flexibility index (Phi) is 8.08. The molecule has 1 fully saturated rings. The van der Waals surface area contributed by atoms with Gasteiger partial charge in [0.2, 0.25) is 0 Å². The summed E-state index contributed by atoms with van der Waals surface area (Å²) < 4.78 is 0.960. The SMILES string of the molecule is Cc1cccc(CC2(C(=O)NCCCC(=O)O)CC[N+]2(Cc2cccc(Cl)c2)C(=O)c2csc3ccccc23)c1. The van der Waals surface area contributed by atoms with Crippen LogP contribution in [0, 0.1) is 6.92 Å². The van der Waals surface area contributed by atoms with Gasteiger partial charge in [-0.2, -0.15) is 0 Å². The van der Waals surface area contributed by atoms with Crippen molar-refractivity contribution in [3.8, 4) is 0 Å². The van der Waals surface area contributed by atoms with Gasteiger partial charge in [-0.05, 0) is 37.1 Å². The summed E-state index contributed by atoms with van der Waals surface area (Å²) in [6, 6.07) is 23.4. The molecule has 206 valence electrons. The summed E-state index contributed by atoms with van der Waals surface area (Å²) >= 11 is 7.89. The minimum absolute atomic E-state index is 0.0342. The number of carbonyl (C=O) groups is 3. The van der Waals surface area contributed by atoms with Gasteiger partial charge < -0.3 is 10.4 Å². The molecule has 3 aromatic carbocycles. The Morgan fingerprint density at radius 1 is 1.02 bits per heavy atom. The Bertz CT molecular complexity index is 1580. The van der Waals surface area contributed by atoms with Crippen LogP contribution < -0.4 is 5.32 Å². The molecule has 4 aromatic rings. The highest BCUT2D eigenvalue weighted by atomic mass is 35.5. The van der Waals surface area contributed by atoms with Crippen LogP contribution in [0.1, 0.15) is 46.3 Å². The second kappa shape index (κ2) is 11.5. The van der Waals surface area contributed by atoms with E-state index in [1.54, 1.807) is 6.07 Å². The smallest absolute Gasteiger partial charge is 0.348 e. The number of carboxylic acids is 1. The molecule has 0 spiro atoms. The average Bonchev–Trinajstić information content (AvgIpc) is 3.36. The van der Waals surface area contributed by atoms with E-state index in [4.69, 9.17) is 16.7 Å². The molecule has 0 saturated carbocycles. The van der Waals surface area contributed by atoms with Crippen molar-refractivity contribution in [2.24, 2.45) is 0 Å². The molecule has 2 heterocycles. The molecule has 1 aromatic heterocycles. The van der Waals surface area contributed by atoms with Gasteiger partial charge in [-0.3, -0.25) is 9.59 Å². The number of likely N-dealkylation sites (tertiary alicyclic amines) is 1.